The average Bonchev–Trinajstić information content (AvgIpc) is 3.04. The maximum Gasteiger partial charge on any atom is 0.323 e. The number of aromatic hydroxyl groups is 1. The fourth-order valence-electron chi connectivity index (χ4n) is 2.98. The van der Waals surface area contributed by atoms with Crippen molar-refractivity contribution in [1.29, 1.82) is 0 Å². The van der Waals surface area contributed by atoms with E-state index < -0.39 is 0 Å². The Morgan fingerprint density at radius 1 is 1.04 bits per heavy atom. The van der Waals surface area contributed by atoms with Crippen molar-refractivity contribution in [1.82, 2.24) is 9.88 Å². The number of carbonyl (C=O) groups excluding carboxylic acids is 1. The molecule has 2 heterocycles. The van der Waals surface area contributed by atoms with Gasteiger partial charge in [0.1, 0.15) is 5.75 Å². The van der Waals surface area contributed by atoms with Crippen LogP contribution in [0.3, 0.4) is 0 Å². The van der Waals surface area contributed by atoms with Gasteiger partial charge in [-0.1, -0.05) is 35.6 Å². The van der Waals surface area contributed by atoms with Gasteiger partial charge in [-0.3, -0.25) is 5.32 Å². The summed E-state index contributed by atoms with van der Waals surface area (Å²) in [6.07, 6.45) is 0. The molecule has 7 heteroatoms. The Bertz CT molecular complexity index is 870. The van der Waals surface area contributed by atoms with Gasteiger partial charge in [0, 0.05) is 26.2 Å². The van der Waals surface area contributed by atoms with Crippen LogP contribution < -0.4 is 10.2 Å². The van der Waals surface area contributed by atoms with Crippen molar-refractivity contribution < 1.29 is 9.90 Å². The van der Waals surface area contributed by atoms with E-state index in [-0.39, 0.29) is 11.8 Å². The second kappa shape index (κ2) is 6.60. The Labute approximate surface area is 149 Å². The zero-order valence-electron chi connectivity index (χ0n) is 13.6. The van der Waals surface area contributed by atoms with Gasteiger partial charge >= 0.3 is 6.03 Å². The molecule has 0 radical (unpaired) electrons. The monoisotopic (exact) mass is 354 g/mol. The first-order valence-corrected chi connectivity index (χ1v) is 8.97. The molecule has 0 aliphatic carbocycles. The number of piperazine rings is 1. The molecule has 0 atom stereocenters. The number of nitrogens with zero attached hydrogens (tertiary/aromatic N) is 3. The van der Waals surface area contributed by atoms with Crippen LogP contribution in [0.25, 0.3) is 10.2 Å². The molecule has 2 amide bonds. The van der Waals surface area contributed by atoms with Gasteiger partial charge in [-0.05, 0) is 24.3 Å². The number of urea groups is 1. The van der Waals surface area contributed by atoms with Crippen LogP contribution in [0.4, 0.5) is 15.6 Å². The maximum absolute atomic E-state index is 12.5. The summed E-state index contributed by atoms with van der Waals surface area (Å²) in [6.45, 7) is 2.58. The number of phenols is 1. The van der Waals surface area contributed by atoms with Crippen LogP contribution >= 0.6 is 11.3 Å². The topological polar surface area (TPSA) is 68.7 Å². The zero-order chi connectivity index (χ0) is 17.2. The summed E-state index contributed by atoms with van der Waals surface area (Å²) in [7, 11) is 0. The molecule has 3 aromatic rings. The third kappa shape index (κ3) is 3.23. The number of nitrogens with one attached hydrogen (secondary N) is 1. The molecule has 1 aliphatic heterocycles. The van der Waals surface area contributed by atoms with Crippen molar-refractivity contribution in [3.8, 4) is 5.75 Å². The van der Waals surface area contributed by atoms with E-state index in [4.69, 9.17) is 0 Å². The van der Waals surface area contributed by atoms with Gasteiger partial charge in [-0.25, -0.2) is 9.78 Å². The van der Waals surface area contributed by atoms with E-state index in [9.17, 15) is 9.90 Å². The molecular formula is C18H18N4O2S. The number of hydrogen-bond acceptors (Lipinski definition) is 5. The Kier molecular flexibility index (Phi) is 4.15. The number of phenolic OH excluding ortho intramolecular Hbond substituents is 1. The fourth-order valence-corrected chi connectivity index (χ4v) is 3.83. The fraction of sp³-hybridized carbons (Fsp3) is 0.222. The first kappa shape index (κ1) is 15.7. The van der Waals surface area contributed by atoms with Crippen molar-refractivity contribution in [3.63, 3.8) is 0 Å². The van der Waals surface area contributed by atoms with Gasteiger partial charge in [-0.15, -0.1) is 0 Å². The normalized spacial score (nSPS) is 14.7. The summed E-state index contributed by atoms with van der Waals surface area (Å²) in [5.74, 6) is 0.273. The number of carbonyl (C=O) groups is 1. The molecule has 1 fully saturated rings. The largest absolute Gasteiger partial charge is 0.506 e. The molecule has 6 nitrogen and oxygen atoms in total. The van der Waals surface area contributed by atoms with Crippen LogP contribution in [0, 0.1) is 0 Å². The third-order valence-corrected chi connectivity index (χ3v) is 5.25. The van der Waals surface area contributed by atoms with Gasteiger partial charge in [0.05, 0.1) is 15.9 Å². The molecule has 1 aromatic heterocycles. The Balaban J connectivity index is 1.39. The number of anilines is 2. The molecule has 0 unspecified atom stereocenters. The Hall–Kier alpha value is -2.80. The summed E-state index contributed by atoms with van der Waals surface area (Å²) in [6, 6.07) is 15.0. The van der Waals surface area contributed by atoms with Crippen LogP contribution in [0.5, 0.6) is 5.75 Å². The highest BCUT2D eigenvalue weighted by Gasteiger charge is 2.23. The van der Waals surface area contributed by atoms with Crippen LogP contribution in [-0.4, -0.2) is 47.2 Å². The molecule has 1 saturated heterocycles. The molecule has 1 aliphatic rings. The molecule has 0 saturated carbocycles. The first-order valence-electron chi connectivity index (χ1n) is 8.15. The average molecular weight is 354 g/mol. The predicted molar refractivity (Wildman–Crippen MR) is 101 cm³/mol. The van der Waals surface area contributed by atoms with Crippen molar-refractivity contribution in [2.45, 2.75) is 0 Å². The highest BCUT2D eigenvalue weighted by molar-refractivity contribution is 7.22. The van der Waals surface area contributed by atoms with E-state index in [0.717, 1.165) is 15.9 Å². The van der Waals surface area contributed by atoms with E-state index in [0.29, 0.717) is 31.3 Å². The van der Waals surface area contributed by atoms with Gasteiger partial charge in [-0.2, -0.15) is 0 Å². The molecule has 2 N–H and O–H groups in total. The van der Waals surface area contributed by atoms with E-state index in [1.807, 2.05) is 36.4 Å². The maximum atomic E-state index is 12.5. The highest BCUT2D eigenvalue weighted by atomic mass is 32.1. The number of thiazole rings is 1. The minimum Gasteiger partial charge on any atom is -0.506 e. The van der Waals surface area contributed by atoms with E-state index in [2.05, 4.69) is 15.2 Å². The number of benzene rings is 2. The van der Waals surface area contributed by atoms with Crippen molar-refractivity contribution in [2.75, 3.05) is 36.4 Å². The summed E-state index contributed by atoms with van der Waals surface area (Å²) < 4.78 is 1.06. The van der Waals surface area contributed by atoms with Crippen molar-refractivity contribution in [2.24, 2.45) is 0 Å². The molecule has 2 aromatic carbocycles. The SMILES string of the molecule is O=C(Nc1nc2ccccc2s1)N1CCN(c2ccccc2O)CC1. The van der Waals surface area contributed by atoms with Gasteiger partial charge < -0.3 is 14.9 Å². The summed E-state index contributed by atoms with van der Waals surface area (Å²) in [4.78, 5) is 20.8. The summed E-state index contributed by atoms with van der Waals surface area (Å²) >= 11 is 1.48. The minimum atomic E-state index is -0.129. The number of para-hydroxylation sites is 3. The number of amides is 2. The lowest BCUT2D eigenvalue weighted by Gasteiger charge is -2.36. The van der Waals surface area contributed by atoms with Crippen molar-refractivity contribution >= 4 is 38.4 Å². The lowest BCUT2D eigenvalue weighted by atomic mass is 10.2. The number of aromatic nitrogens is 1. The highest BCUT2D eigenvalue weighted by Crippen LogP contribution is 2.28. The first-order chi connectivity index (χ1) is 12.2. The van der Waals surface area contributed by atoms with Crippen LogP contribution in [0.1, 0.15) is 0 Å². The summed E-state index contributed by atoms with van der Waals surface area (Å²) in [5.41, 5.74) is 1.71. The number of rotatable bonds is 2. The minimum absolute atomic E-state index is 0.129. The zero-order valence-corrected chi connectivity index (χ0v) is 14.4. The van der Waals surface area contributed by atoms with Gasteiger partial charge in [0.25, 0.3) is 0 Å². The molecule has 0 bridgehead atoms. The van der Waals surface area contributed by atoms with Gasteiger partial charge in [0.2, 0.25) is 0 Å². The molecular weight excluding hydrogens is 336 g/mol. The number of hydrogen-bond donors (Lipinski definition) is 2. The smallest absolute Gasteiger partial charge is 0.323 e. The van der Waals surface area contributed by atoms with Crippen LogP contribution in [0.15, 0.2) is 48.5 Å². The summed E-state index contributed by atoms with van der Waals surface area (Å²) in [5, 5.41) is 13.5. The quantitative estimate of drug-likeness (QED) is 0.740. The third-order valence-electron chi connectivity index (χ3n) is 4.30. The van der Waals surface area contributed by atoms with Crippen LogP contribution in [0.2, 0.25) is 0 Å². The van der Waals surface area contributed by atoms with E-state index in [1.165, 1.54) is 11.3 Å². The standard InChI is InChI=1S/C18H18N4O2S/c23-15-7-3-2-6-14(15)21-9-11-22(12-10-21)18(24)20-17-19-13-5-1-4-8-16(13)25-17/h1-8,23H,9-12H2,(H,19,20,24). The molecule has 25 heavy (non-hydrogen) atoms. The van der Waals surface area contributed by atoms with Crippen LogP contribution in [-0.2, 0) is 0 Å². The second-order valence-electron chi connectivity index (χ2n) is 5.88. The molecule has 4 rings (SSSR count). The van der Waals surface area contributed by atoms with Gasteiger partial charge in [0.15, 0.2) is 5.13 Å². The van der Waals surface area contributed by atoms with E-state index in [1.54, 1.807) is 17.0 Å². The number of fused-ring (bicyclic) bond motifs is 1. The Morgan fingerprint density at radius 3 is 2.52 bits per heavy atom. The Morgan fingerprint density at radius 2 is 1.76 bits per heavy atom. The molecule has 0 spiro atoms. The van der Waals surface area contributed by atoms with E-state index >= 15 is 0 Å². The predicted octanol–water partition coefficient (Wildman–Crippen LogP) is 3.36. The van der Waals surface area contributed by atoms with Crippen molar-refractivity contribution in [3.05, 3.63) is 48.5 Å². The molecule has 128 valence electrons. The lowest BCUT2D eigenvalue weighted by molar-refractivity contribution is 0.208. The second-order valence-corrected chi connectivity index (χ2v) is 6.91. The lowest BCUT2D eigenvalue weighted by Crippen LogP contribution is -2.50.